The number of nitrogens with zero attached hydrogens (tertiary/aromatic N) is 3. The summed E-state index contributed by atoms with van der Waals surface area (Å²) >= 11 is 0. The van der Waals surface area contributed by atoms with Gasteiger partial charge in [0, 0.05) is 12.3 Å². The molecule has 0 aliphatic carbocycles. The quantitative estimate of drug-likeness (QED) is 0.721. The van der Waals surface area contributed by atoms with Crippen molar-refractivity contribution in [2.24, 2.45) is 0 Å². The predicted octanol–water partition coefficient (Wildman–Crippen LogP) is 2.76. The number of ether oxygens (including phenoxy) is 1. The van der Waals surface area contributed by atoms with Crippen molar-refractivity contribution < 1.29 is 13.2 Å². The predicted molar refractivity (Wildman–Crippen MR) is 92.6 cm³/mol. The largest absolute Gasteiger partial charge is 0.459 e. The molecule has 0 amide bonds. The van der Waals surface area contributed by atoms with E-state index in [1.54, 1.807) is 24.3 Å². The molecule has 0 saturated heterocycles. The summed E-state index contributed by atoms with van der Waals surface area (Å²) in [5.74, 6) is 0.300. The van der Waals surface area contributed by atoms with Crippen molar-refractivity contribution in [3.05, 3.63) is 78.0 Å². The summed E-state index contributed by atoms with van der Waals surface area (Å²) in [7, 11) is -3.60. The fraction of sp³-hybridized carbons (Fsp3) is 0.111. The molecular weight excluding hydrogens is 338 g/mol. The first kappa shape index (κ1) is 15.6. The number of fused-ring (bicyclic) bond motifs is 1. The van der Waals surface area contributed by atoms with Gasteiger partial charge < -0.3 is 4.74 Å². The Hall–Kier alpha value is -2.93. The van der Waals surface area contributed by atoms with Gasteiger partial charge in [0.2, 0.25) is 0 Å². The SMILES string of the molecule is O=S1(=O)c2ccccc2CN1c1ccnc(OCc2ccccc2)n1. The number of benzene rings is 2. The molecule has 0 N–H and O–H groups in total. The molecule has 0 atom stereocenters. The van der Waals surface area contributed by atoms with Crippen LogP contribution in [0.1, 0.15) is 11.1 Å². The molecule has 2 aromatic carbocycles. The van der Waals surface area contributed by atoms with Gasteiger partial charge in [-0.15, -0.1) is 0 Å². The van der Waals surface area contributed by atoms with Crippen molar-refractivity contribution in [3.63, 3.8) is 0 Å². The smallest absolute Gasteiger partial charge is 0.318 e. The lowest BCUT2D eigenvalue weighted by Gasteiger charge is -2.16. The molecule has 0 unspecified atom stereocenters. The van der Waals surface area contributed by atoms with E-state index in [2.05, 4.69) is 9.97 Å². The van der Waals surface area contributed by atoms with Crippen LogP contribution in [0.3, 0.4) is 0 Å². The number of hydrogen-bond donors (Lipinski definition) is 0. The molecule has 0 fully saturated rings. The Balaban J connectivity index is 1.58. The third-order valence-corrected chi connectivity index (χ3v) is 5.79. The Morgan fingerprint density at radius 3 is 2.56 bits per heavy atom. The van der Waals surface area contributed by atoms with E-state index in [9.17, 15) is 8.42 Å². The number of sulfonamides is 1. The topological polar surface area (TPSA) is 72.4 Å². The molecule has 0 radical (unpaired) electrons. The Kier molecular flexibility index (Phi) is 3.85. The third kappa shape index (κ3) is 2.94. The molecule has 0 saturated carbocycles. The van der Waals surface area contributed by atoms with Crippen LogP contribution >= 0.6 is 0 Å². The maximum atomic E-state index is 12.7. The monoisotopic (exact) mass is 353 g/mol. The van der Waals surface area contributed by atoms with Gasteiger partial charge in [0.25, 0.3) is 10.0 Å². The van der Waals surface area contributed by atoms with Crippen LogP contribution in [0.4, 0.5) is 5.82 Å². The van der Waals surface area contributed by atoms with Gasteiger partial charge >= 0.3 is 6.01 Å². The van der Waals surface area contributed by atoms with E-state index in [1.807, 2.05) is 36.4 Å². The normalized spacial score (nSPS) is 15.0. The summed E-state index contributed by atoms with van der Waals surface area (Å²) in [6, 6.07) is 18.3. The number of hydrogen-bond acceptors (Lipinski definition) is 5. The minimum absolute atomic E-state index is 0.146. The van der Waals surface area contributed by atoms with Crippen molar-refractivity contribution in [3.8, 4) is 6.01 Å². The lowest BCUT2D eigenvalue weighted by atomic mass is 10.2. The highest BCUT2D eigenvalue weighted by Crippen LogP contribution is 2.33. The molecule has 2 heterocycles. The van der Waals surface area contributed by atoms with Crippen LogP contribution in [0.25, 0.3) is 0 Å². The van der Waals surface area contributed by atoms with Gasteiger partial charge in [-0.05, 0) is 17.2 Å². The second-order valence-corrected chi connectivity index (χ2v) is 7.42. The zero-order valence-corrected chi connectivity index (χ0v) is 14.1. The van der Waals surface area contributed by atoms with Gasteiger partial charge in [-0.2, -0.15) is 4.98 Å². The number of aromatic nitrogens is 2. The van der Waals surface area contributed by atoms with Crippen LogP contribution in [0, 0.1) is 0 Å². The molecule has 4 rings (SSSR count). The molecule has 7 heteroatoms. The Bertz CT molecular complexity index is 1010. The maximum absolute atomic E-state index is 12.7. The second-order valence-electron chi connectivity index (χ2n) is 5.59. The fourth-order valence-corrected chi connectivity index (χ4v) is 4.32. The van der Waals surface area contributed by atoms with Gasteiger partial charge in [-0.1, -0.05) is 48.5 Å². The standard InChI is InChI=1S/C18H15N3O3S/c22-25(23)16-9-5-4-8-15(16)12-21(25)17-10-11-19-18(20-17)24-13-14-6-2-1-3-7-14/h1-11H,12-13H2. The Morgan fingerprint density at radius 2 is 1.76 bits per heavy atom. The van der Waals surface area contributed by atoms with E-state index in [1.165, 1.54) is 10.5 Å². The van der Waals surface area contributed by atoms with Crippen LogP contribution in [-0.2, 0) is 23.2 Å². The van der Waals surface area contributed by atoms with Crippen molar-refractivity contribution in [2.75, 3.05) is 4.31 Å². The van der Waals surface area contributed by atoms with Crippen molar-refractivity contribution in [1.82, 2.24) is 9.97 Å². The molecule has 126 valence electrons. The van der Waals surface area contributed by atoms with Gasteiger partial charge in [-0.3, -0.25) is 0 Å². The summed E-state index contributed by atoms with van der Waals surface area (Å²) in [4.78, 5) is 8.65. The molecule has 1 aliphatic heterocycles. The highest BCUT2D eigenvalue weighted by Gasteiger charge is 2.35. The van der Waals surface area contributed by atoms with E-state index in [0.717, 1.165) is 11.1 Å². The maximum Gasteiger partial charge on any atom is 0.318 e. The Morgan fingerprint density at radius 1 is 1.00 bits per heavy atom. The van der Waals surface area contributed by atoms with Crippen LogP contribution < -0.4 is 9.04 Å². The lowest BCUT2D eigenvalue weighted by molar-refractivity contribution is 0.281. The number of rotatable bonds is 4. The van der Waals surface area contributed by atoms with E-state index in [4.69, 9.17) is 4.74 Å². The van der Waals surface area contributed by atoms with Gasteiger partial charge in [0.05, 0.1) is 11.4 Å². The molecule has 25 heavy (non-hydrogen) atoms. The highest BCUT2D eigenvalue weighted by molar-refractivity contribution is 7.93. The lowest BCUT2D eigenvalue weighted by Crippen LogP contribution is -2.24. The molecule has 1 aromatic heterocycles. The molecule has 3 aromatic rings. The van der Waals surface area contributed by atoms with Crippen LogP contribution in [0.15, 0.2) is 71.8 Å². The van der Waals surface area contributed by atoms with Gasteiger partial charge in [0.15, 0.2) is 0 Å². The van der Waals surface area contributed by atoms with E-state index in [-0.39, 0.29) is 12.6 Å². The molecular formula is C18H15N3O3S. The first-order valence-corrected chi connectivity index (χ1v) is 9.19. The van der Waals surface area contributed by atoms with Gasteiger partial charge in [0.1, 0.15) is 12.4 Å². The van der Waals surface area contributed by atoms with E-state index < -0.39 is 10.0 Å². The van der Waals surface area contributed by atoms with Crippen LogP contribution in [0.2, 0.25) is 0 Å². The zero-order chi connectivity index (χ0) is 17.3. The zero-order valence-electron chi connectivity index (χ0n) is 13.2. The molecule has 0 bridgehead atoms. The van der Waals surface area contributed by atoms with E-state index in [0.29, 0.717) is 17.3 Å². The Labute approximate surface area is 145 Å². The van der Waals surface area contributed by atoms with Crippen LogP contribution in [-0.4, -0.2) is 18.4 Å². The summed E-state index contributed by atoms with van der Waals surface area (Å²) in [5.41, 5.74) is 1.74. The minimum atomic E-state index is -3.60. The fourth-order valence-electron chi connectivity index (χ4n) is 2.71. The van der Waals surface area contributed by atoms with Crippen molar-refractivity contribution in [1.29, 1.82) is 0 Å². The van der Waals surface area contributed by atoms with E-state index >= 15 is 0 Å². The van der Waals surface area contributed by atoms with Gasteiger partial charge in [-0.25, -0.2) is 17.7 Å². The van der Waals surface area contributed by atoms with Crippen LogP contribution in [0.5, 0.6) is 6.01 Å². The third-order valence-electron chi connectivity index (χ3n) is 3.94. The highest BCUT2D eigenvalue weighted by atomic mass is 32.2. The summed E-state index contributed by atoms with van der Waals surface area (Å²) < 4.78 is 32.3. The first-order valence-electron chi connectivity index (χ1n) is 7.75. The summed E-state index contributed by atoms with van der Waals surface area (Å²) in [6.07, 6.45) is 1.50. The summed E-state index contributed by atoms with van der Waals surface area (Å²) in [5, 5.41) is 0. The molecule has 0 spiro atoms. The van der Waals surface area contributed by atoms with Crippen molar-refractivity contribution >= 4 is 15.8 Å². The average Bonchev–Trinajstić information content (AvgIpc) is 2.92. The molecule has 1 aliphatic rings. The number of anilines is 1. The summed E-state index contributed by atoms with van der Waals surface area (Å²) in [6.45, 7) is 0.574. The minimum Gasteiger partial charge on any atom is -0.459 e. The first-order chi connectivity index (χ1) is 12.1. The second kappa shape index (κ2) is 6.18. The van der Waals surface area contributed by atoms with Crippen molar-refractivity contribution in [2.45, 2.75) is 18.0 Å². The molecule has 6 nitrogen and oxygen atoms in total. The average molecular weight is 353 g/mol.